The molecule has 0 saturated heterocycles. The van der Waals surface area contributed by atoms with E-state index >= 15 is 0 Å². The molecule has 0 aliphatic heterocycles. The maximum absolute atomic E-state index is 5.34. The standard InChI is InChI=1S/C16H22N4O4/c1-21-6-5-17-14-9-15(19-10-18-14)20-11-7-12(22-2)16(24-4)13(8-11)23-3/h7-10H,5-6H2,1-4H3,(H2,17,18,19,20). The third kappa shape index (κ3) is 4.39. The van der Waals surface area contributed by atoms with Crippen molar-refractivity contribution in [1.82, 2.24) is 9.97 Å². The van der Waals surface area contributed by atoms with Gasteiger partial charge in [-0.05, 0) is 0 Å². The lowest BCUT2D eigenvalue weighted by Gasteiger charge is -2.15. The highest BCUT2D eigenvalue weighted by molar-refractivity contribution is 5.67. The second-order valence-corrected chi connectivity index (χ2v) is 4.75. The molecule has 8 heteroatoms. The Morgan fingerprint density at radius 3 is 2.12 bits per heavy atom. The first kappa shape index (κ1) is 17.6. The molecule has 0 aliphatic rings. The third-order valence-electron chi connectivity index (χ3n) is 3.22. The fraction of sp³-hybridized carbons (Fsp3) is 0.375. The zero-order valence-corrected chi connectivity index (χ0v) is 14.3. The summed E-state index contributed by atoms with van der Waals surface area (Å²) in [4.78, 5) is 8.37. The van der Waals surface area contributed by atoms with E-state index in [1.807, 2.05) is 12.1 Å². The van der Waals surface area contributed by atoms with Crippen LogP contribution in [0.5, 0.6) is 17.2 Å². The lowest BCUT2D eigenvalue weighted by Crippen LogP contribution is -2.09. The number of ether oxygens (including phenoxy) is 4. The summed E-state index contributed by atoms with van der Waals surface area (Å²) in [6.07, 6.45) is 1.48. The fourth-order valence-electron chi connectivity index (χ4n) is 2.10. The summed E-state index contributed by atoms with van der Waals surface area (Å²) in [6.45, 7) is 1.26. The van der Waals surface area contributed by atoms with Gasteiger partial charge in [0, 0.05) is 37.5 Å². The molecular weight excluding hydrogens is 312 g/mol. The number of rotatable bonds is 9. The van der Waals surface area contributed by atoms with Gasteiger partial charge in [-0.3, -0.25) is 0 Å². The molecule has 0 spiro atoms. The summed E-state index contributed by atoms with van der Waals surface area (Å²) in [5.41, 5.74) is 0.756. The van der Waals surface area contributed by atoms with Crippen LogP contribution in [0, 0.1) is 0 Å². The molecule has 0 radical (unpaired) electrons. The Labute approximate surface area is 141 Å². The molecule has 0 saturated carbocycles. The van der Waals surface area contributed by atoms with E-state index in [0.29, 0.717) is 42.0 Å². The lowest BCUT2D eigenvalue weighted by atomic mass is 10.2. The van der Waals surface area contributed by atoms with Gasteiger partial charge in [0.25, 0.3) is 0 Å². The minimum atomic E-state index is 0.537. The molecule has 0 unspecified atom stereocenters. The second kappa shape index (κ2) is 8.78. The van der Waals surface area contributed by atoms with Gasteiger partial charge in [-0.1, -0.05) is 0 Å². The number of nitrogens with zero attached hydrogens (tertiary/aromatic N) is 2. The van der Waals surface area contributed by atoms with Crippen molar-refractivity contribution in [3.05, 3.63) is 24.5 Å². The van der Waals surface area contributed by atoms with Crippen molar-refractivity contribution in [1.29, 1.82) is 0 Å². The van der Waals surface area contributed by atoms with Crippen LogP contribution in [0.1, 0.15) is 0 Å². The van der Waals surface area contributed by atoms with E-state index in [4.69, 9.17) is 18.9 Å². The Balaban J connectivity index is 2.20. The first-order valence-corrected chi connectivity index (χ1v) is 7.33. The molecule has 2 rings (SSSR count). The maximum Gasteiger partial charge on any atom is 0.203 e. The Hall–Kier alpha value is -2.74. The minimum absolute atomic E-state index is 0.537. The van der Waals surface area contributed by atoms with Crippen LogP contribution in [-0.2, 0) is 4.74 Å². The lowest BCUT2D eigenvalue weighted by molar-refractivity contribution is 0.210. The van der Waals surface area contributed by atoms with E-state index in [1.54, 1.807) is 34.5 Å². The quantitative estimate of drug-likeness (QED) is 0.676. The molecule has 1 aromatic heterocycles. The van der Waals surface area contributed by atoms with Crippen molar-refractivity contribution in [2.75, 3.05) is 52.2 Å². The van der Waals surface area contributed by atoms with E-state index in [0.717, 1.165) is 5.69 Å². The molecule has 0 atom stereocenters. The fourth-order valence-corrected chi connectivity index (χ4v) is 2.10. The van der Waals surface area contributed by atoms with Crippen molar-refractivity contribution in [2.45, 2.75) is 0 Å². The molecule has 0 fully saturated rings. The van der Waals surface area contributed by atoms with Crippen molar-refractivity contribution in [3.8, 4) is 17.2 Å². The average Bonchev–Trinajstić information content (AvgIpc) is 2.61. The molecule has 8 nitrogen and oxygen atoms in total. The zero-order valence-electron chi connectivity index (χ0n) is 14.3. The van der Waals surface area contributed by atoms with Gasteiger partial charge in [0.2, 0.25) is 5.75 Å². The van der Waals surface area contributed by atoms with Crippen LogP contribution in [-0.4, -0.2) is 51.6 Å². The highest BCUT2D eigenvalue weighted by Gasteiger charge is 2.13. The van der Waals surface area contributed by atoms with Gasteiger partial charge in [0.05, 0.1) is 27.9 Å². The summed E-state index contributed by atoms with van der Waals surface area (Å²) in [5.74, 6) is 3.00. The van der Waals surface area contributed by atoms with Crippen molar-refractivity contribution >= 4 is 17.3 Å². The largest absolute Gasteiger partial charge is 0.493 e. The molecule has 24 heavy (non-hydrogen) atoms. The van der Waals surface area contributed by atoms with Crippen LogP contribution < -0.4 is 24.8 Å². The molecular formula is C16H22N4O4. The van der Waals surface area contributed by atoms with E-state index in [1.165, 1.54) is 6.33 Å². The first-order valence-electron chi connectivity index (χ1n) is 7.33. The summed E-state index contributed by atoms with van der Waals surface area (Å²) in [5, 5.41) is 6.35. The molecule has 2 aromatic rings. The number of nitrogens with one attached hydrogen (secondary N) is 2. The summed E-state index contributed by atoms with van der Waals surface area (Å²) >= 11 is 0. The number of hydrogen-bond donors (Lipinski definition) is 2. The van der Waals surface area contributed by atoms with Gasteiger partial charge in [0.1, 0.15) is 18.0 Å². The van der Waals surface area contributed by atoms with Gasteiger partial charge in [-0.15, -0.1) is 0 Å². The molecule has 1 heterocycles. The van der Waals surface area contributed by atoms with Crippen molar-refractivity contribution in [3.63, 3.8) is 0 Å². The van der Waals surface area contributed by atoms with Crippen molar-refractivity contribution < 1.29 is 18.9 Å². The molecule has 1 aromatic carbocycles. The number of aromatic nitrogens is 2. The van der Waals surface area contributed by atoms with Crippen LogP contribution in [0.2, 0.25) is 0 Å². The van der Waals surface area contributed by atoms with E-state index in [-0.39, 0.29) is 0 Å². The predicted molar refractivity (Wildman–Crippen MR) is 91.8 cm³/mol. The highest BCUT2D eigenvalue weighted by Crippen LogP contribution is 2.40. The average molecular weight is 334 g/mol. The van der Waals surface area contributed by atoms with Crippen LogP contribution in [0.3, 0.4) is 0 Å². The molecule has 0 aliphatic carbocycles. The van der Waals surface area contributed by atoms with Gasteiger partial charge in [-0.2, -0.15) is 0 Å². The number of methoxy groups -OCH3 is 4. The Bertz CT molecular complexity index is 641. The van der Waals surface area contributed by atoms with E-state index < -0.39 is 0 Å². The molecule has 0 amide bonds. The number of anilines is 3. The molecule has 130 valence electrons. The topological polar surface area (TPSA) is 86.8 Å². The van der Waals surface area contributed by atoms with Crippen LogP contribution in [0.4, 0.5) is 17.3 Å². The SMILES string of the molecule is COCCNc1cc(Nc2cc(OC)c(OC)c(OC)c2)ncn1. The van der Waals surface area contributed by atoms with Gasteiger partial charge in [-0.25, -0.2) is 9.97 Å². The summed E-state index contributed by atoms with van der Waals surface area (Å²) in [7, 11) is 6.36. The molecule has 0 bridgehead atoms. The van der Waals surface area contributed by atoms with Gasteiger partial charge >= 0.3 is 0 Å². The smallest absolute Gasteiger partial charge is 0.203 e. The van der Waals surface area contributed by atoms with Gasteiger partial charge in [0.15, 0.2) is 11.5 Å². The van der Waals surface area contributed by atoms with Crippen LogP contribution >= 0.6 is 0 Å². The van der Waals surface area contributed by atoms with Crippen molar-refractivity contribution in [2.24, 2.45) is 0 Å². The molecule has 2 N–H and O–H groups in total. The maximum atomic E-state index is 5.34. The first-order chi connectivity index (χ1) is 11.7. The Kier molecular flexibility index (Phi) is 6.44. The Morgan fingerprint density at radius 2 is 1.54 bits per heavy atom. The predicted octanol–water partition coefficient (Wildman–Crippen LogP) is 2.30. The number of benzene rings is 1. The highest BCUT2D eigenvalue weighted by atomic mass is 16.5. The van der Waals surface area contributed by atoms with E-state index in [9.17, 15) is 0 Å². The summed E-state index contributed by atoms with van der Waals surface area (Å²) in [6, 6.07) is 5.42. The summed E-state index contributed by atoms with van der Waals surface area (Å²) < 4.78 is 21.0. The normalized spacial score (nSPS) is 10.2. The van der Waals surface area contributed by atoms with Gasteiger partial charge < -0.3 is 29.6 Å². The zero-order chi connectivity index (χ0) is 17.4. The number of hydrogen-bond acceptors (Lipinski definition) is 8. The van der Waals surface area contributed by atoms with Crippen LogP contribution in [0.15, 0.2) is 24.5 Å². The second-order valence-electron chi connectivity index (χ2n) is 4.75. The third-order valence-corrected chi connectivity index (χ3v) is 3.22. The minimum Gasteiger partial charge on any atom is -0.493 e. The monoisotopic (exact) mass is 334 g/mol. The van der Waals surface area contributed by atoms with E-state index in [2.05, 4.69) is 20.6 Å². The Morgan fingerprint density at radius 1 is 0.875 bits per heavy atom. The van der Waals surface area contributed by atoms with Crippen LogP contribution in [0.25, 0.3) is 0 Å².